The molecule has 1 heterocycles. The molecular formula is C21H21FN4OS. The van der Waals surface area contributed by atoms with Gasteiger partial charge in [0.05, 0.1) is 11.3 Å². The van der Waals surface area contributed by atoms with Gasteiger partial charge in [0.1, 0.15) is 11.6 Å². The van der Waals surface area contributed by atoms with E-state index in [9.17, 15) is 9.18 Å². The van der Waals surface area contributed by atoms with Crippen molar-refractivity contribution in [2.45, 2.75) is 30.3 Å². The molecule has 7 heteroatoms. The first-order chi connectivity index (χ1) is 13.5. The molecule has 2 unspecified atom stereocenters. The van der Waals surface area contributed by atoms with Crippen LogP contribution in [0.1, 0.15) is 36.8 Å². The average molecular weight is 396 g/mol. The number of hydrogen-bond donors (Lipinski definition) is 2. The second-order valence-electron chi connectivity index (χ2n) is 6.29. The van der Waals surface area contributed by atoms with Crippen LogP contribution in [0.5, 0.6) is 0 Å². The Hall–Kier alpha value is -2.93. The predicted octanol–water partition coefficient (Wildman–Crippen LogP) is 4.47. The van der Waals surface area contributed by atoms with Crippen molar-refractivity contribution in [3.63, 3.8) is 0 Å². The van der Waals surface area contributed by atoms with Crippen LogP contribution < -0.4 is 5.32 Å². The summed E-state index contributed by atoms with van der Waals surface area (Å²) >= 11 is 1.27. The van der Waals surface area contributed by atoms with E-state index in [0.717, 1.165) is 11.1 Å². The molecule has 0 aliphatic rings. The highest BCUT2D eigenvalue weighted by atomic mass is 32.2. The number of carbonyl (C=O) groups is 1. The monoisotopic (exact) mass is 396 g/mol. The highest BCUT2D eigenvalue weighted by Gasteiger charge is 2.19. The standard InChI is InChI=1S/C21H21FN4OS/c1-14(17-9-11-18(22)12-10-17)23-20(27)15(2)28-21-24-19(25-26-21)13-8-16-6-4-3-5-7-16/h3-15H,1-2H3,(H,23,27)(H,24,25,26)/b13-8+. The van der Waals surface area contributed by atoms with Crippen molar-refractivity contribution in [3.05, 3.63) is 77.4 Å². The summed E-state index contributed by atoms with van der Waals surface area (Å²) in [5.41, 5.74) is 1.91. The smallest absolute Gasteiger partial charge is 0.233 e. The molecule has 3 aromatic rings. The van der Waals surface area contributed by atoms with Crippen molar-refractivity contribution < 1.29 is 9.18 Å². The summed E-state index contributed by atoms with van der Waals surface area (Å²) in [6.07, 6.45) is 3.78. The molecule has 0 bridgehead atoms. The lowest BCUT2D eigenvalue weighted by atomic mass is 10.1. The lowest BCUT2D eigenvalue weighted by molar-refractivity contribution is -0.120. The van der Waals surface area contributed by atoms with Crippen molar-refractivity contribution in [3.8, 4) is 0 Å². The van der Waals surface area contributed by atoms with Crippen molar-refractivity contribution >= 4 is 29.8 Å². The van der Waals surface area contributed by atoms with Gasteiger partial charge in [0.15, 0.2) is 0 Å². The summed E-state index contributed by atoms with van der Waals surface area (Å²) in [5.74, 6) is 0.194. The number of rotatable bonds is 7. The number of hydrogen-bond acceptors (Lipinski definition) is 4. The first kappa shape index (κ1) is 19.8. The molecule has 1 amide bonds. The zero-order valence-electron chi connectivity index (χ0n) is 15.6. The molecule has 2 N–H and O–H groups in total. The third-order valence-corrected chi connectivity index (χ3v) is 5.06. The molecule has 0 saturated heterocycles. The maximum absolute atomic E-state index is 13.0. The molecule has 0 spiro atoms. The van der Waals surface area contributed by atoms with E-state index in [-0.39, 0.29) is 23.0 Å². The number of aromatic nitrogens is 3. The molecule has 0 fully saturated rings. The van der Waals surface area contributed by atoms with Gasteiger partial charge in [-0.1, -0.05) is 60.3 Å². The Morgan fingerprint density at radius 2 is 1.82 bits per heavy atom. The fraction of sp³-hybridized carbons (Fsp3) is 0.190. The summed E-state index contributed by atoms with van der Waals surface area (Å²) in [7, 11) is 0. The lowest BCUT2D eigenvalue weighted by Crippen LogP contribution is -2.33. The van der Waals surface area contributed by atoms with Gasteiger partial charge in [-0.15, -0.1) is 5.10 Å². The second kappa shape index (κ2) is 9.32. The number of thioether (sulfide) groups is 1. The van der Waals surface area contributed by atoms with Crippen LogP contribution in [0.2, 0.25) is 0 Å². The van der Waals surface area contributed by atoms with Crippen LogP contribution in [0.4, 0.5) is 4.39 Å². The van der Waals surface area contributed by atoms with Gasteiger partial charge in [-0.25, -0.2) is 9.37 Å². The van der Waals surface area contributed by atoms with Gasteiger partial charge in [-0.3, -0.25) is 9.89 Å². The van der Waals surface area contributed by atoms with Gasteiger partial charge in [0.2, 0.25) is 11.1 Å². The van der Waals surface area contributed by atoms with Gasteiger partial charge in [-0.05, 0) is 43.2 Å². The topological polar surface area (TPSA) is 70.7 Å². The molecule has 28 heavy (non-hydrogen) atoms. The Morgan fingerprint density at radius 1 is 1.11 bits per heavy atom. The third kappa shape index (κ3) is 5.53. The molecule has 0 aliphatic heterocycles. The number of nitrogens with zero attached hydrogens (tertiary/aromatic N) is 2. The minimum atomic E-state index is -0.371. The summed E-state index contributed by atoms with van der Waals surface area (Å²) in [6.45, 7) is 3.66. The molecular weight excluding hydrogens is 375 g/mol. The molecule has 0 aliphatic carbocycles. The maximum atomic E-state index is 13.0. The predicted molar refractivity (Wildman–Crippen MR) is 110 cm³/mol. The molecule has 2 aromatic carbocycles. The lowest BCUT2D eigenvalue weighted by Gasteiger charge is -2.17. The van der Waals surface area contributed by atoms with Crippen LogP contribution in [0.3, 0.4) is 0 Å². The summed E-state index contributed by atoms with van der Waals surface area (Å²) in [4.78, 5) is 16.8. The fourth-order valence-electron chi connectivity index (χ4n) is 2.50. The van der Waals surface area contributed by atoms with Gasteiger partial charge in [-0.2, -0.15) is 0 Å². The first-order valence-electron chi connectivity index (χ1n) is 8.89. The van der Waals surface area contributed by atoms with E-state index < -0.39 is 0 Å². The van der Waals surface area contributed by atoms with Crippen LogP contribution in [0, 0.1) is 5.82 Å². The molecule has 0 radical (unpaired) electrons. The largest absolute Gasteiger partial charge is 0.349 e. The Labute approximate surface area is 167 Å². The van der Waals surface area contributed by atoms with E-state index in [0.29, 0.717) is 11.0 Å². The minimum Gasteiger partial charge on any atom is -0.349 e. The van der Waals surface area contributed by atoms with E-state index in [1.807, 2.05) is 49.4 Å². The maximum Gasteiger partial charge on any atom is 0.233 e. The van der Waals surface area contributed by atoms with Gasteiger partial charge in [0, 0.05) is 0 Å². The van der Waals surface area contributed by atoms with Crippen molar-refractivity contribution in [2.24, 2.45) is 0 Å². The quantitative estimate of drug-likeness (QED) is 0.578. The Morgan fingerprint density at radius 3 is 2.54 bits per heavy atom. The highest BCUT2D eigenvalue weighted by molar-refractivity contribution is 8.00. The van der Waals surface area contributed by atoms with E-state index >= 15 is 0 Å². The number of amides is 1. The van der Waals surface area contributed by atoms with Crippen molar-refractivity contribution in [1.29, 1.82) is 0 Å². The molecule has 0 saturated carbocycles. The zero-order chi connectivity index (χ0) is 19.9. The van der Waals surface area contributed by atoms with Crippen molar-refractivity contribution in [1.82, 2.24) is 20.5 Å². The van der Waals surface area contributed by atoms with E-state index in [1.54, 1.807) is 19.1 Å². The Bertz CT molecular complexity index is 941. The summed E-state index contributed by atoms with van der Waals surface area (Å²) in [6, 6.07) is 15.8. The second-order valence-corrected chi connectivity index (χ2v) is 7.60. The third-order valence-electron chi connectivity index (χ3n) is 4.10. The molecule has 5 nitrogen and oxygen atoms in total. The summed E-state index contributed by atoms with van der Waals surface area (Å²) in [5, 5.41) is 10.1. The number of halogens is 1. The zero-order valence-corrected chi connectivity index (χ0v) is 16.4. The van der Waals surface area contributed by atoms with E-state index in [2.05, 4.69) is 20.5 Å². The summed E-state index contributed by atoms with van der Waals surface area (Å²) < 4.78 is 13.0. The van der Waals surface area contributed by atoms with Crippen LogP contribution in [0.15, 0.2) is 59.8 Å². The highest BCUT2D eigenvalue weighted by Crippen LogP contribution is 2.21. The normalized spacial score (nSPS) is 13.4. The van der Waals surface area contributed by atoms with Crippen LogP contribution in [-0.2, 0) is 4.79 Å². The minimum absolute atomic E-state index is 0.131. The number of benzene rings is 2. The number of aromatic amines is 1. The number of carbonyl (C=O) groups excluding carboxylic acids is 1. The molecule has 1 aromatic heterocycles. The molecule has 3 rings (SSSR count). The average Bonchev–Trinajstić information content (AvgIpc) is 3.15. The van der Waals surface area contributed by atoms with Crippen LogP contribution >= 0.6 is 11.8 Å². The van der Waals surface area contributed by atoms with Crippen LogP contribution in [-0.4, -0.2) is 26.3 Å². The van der Waals surface area contributed by atoms with Crippen LogP contribution in [0.25, 0.3) is 12.2 Å². The Kier molecular flexibility index (Phi) is 6.60. The number of nitrogens with one attached hydrogen (secondary N) is 2. The fourth-order valence-corrected chi connectivity index (χ4v) is 3.24. The van der Waals surface area contributed by atoms with E-state index in [1.165, 1.54) is 23.9 Å². The Balaban J connectivity index is 1.54. The SMILES string of the molecule is CC(Sc1n[nH]c(/C=C/c2ccccc2)n1)C(=O)NC(C)c1ccc(F)cc1. The van der Waals surface area contributed by atoms with E-state index in [4.69, 9.17) is 0 Å². The number of H-pyrrole nitrogens is 1. The molecule has 2 atom stereocenters. The molecule has 144 valence electrons. The van der Waals surface area contributed by atoms with Crippen molar-refractivity contribution in [2.75, 3.05) is 0 Å². The van der Waals surface area contributed by atoms with Gasteiger partial charge < -0.3 is 5.32 Å². The first-order valence-corrected chi connectivity index (χ1v) is 9.77. The van der Waals surface area contributed by atoms with Gasteiger partial charge in [0.25, 0.3) is 0 Å². The van der Waals surface area contributed by atoms with Gasteiger partial charge >= 0.3 is 0 Å².